The molecule has 0 bridgehead atoms. The molecule has 0 aliphatic carbocycles. The summed E-state index contributed by atoms with van der Waals surface area (Å²) in [5.74, 6) is 0.517. The van der Waals surface area contributed by atoms with Crippen molar-refractivity contribution in [1.29, 1.82) is 0 Å². The van der Waals surface area contributed by atoms with Crippen molar-refractivity contribution in [2.45, 2.75) is 141 Å². The Bertz CT molecular complexity index is 969. The quantitative estimate of drug-likeness (QED) is 0.290. The highest BCUT2D eigenvalue weighted by atomic mass is 28.4. The number of ether oxygens (including phenoxy) is 1. The Morgan fingerprint density at radius 3 is 1.67 bits per heavy atom. The molecule has 1 aromatic carbocycles. The molecule has 1 aliphatic rings. The van der Waals surface area contributed by atoms with Gasteiger partial charge in [-0.05, 0) is 66.0 Å². The van der Waals surface area contributed by atoms with Crippen molar-refractivity contribution < 1.29 is 23.1 Å². The molecule has 4 atom stereocenters. The van der Waals surface area contributed by atoms with Gasteiger partial charge in [-0.25, -0.2) is 0 Å². The molecule has 0 saturated carbocycles. The minimum atomic E-state index is -2.20. The molecule has 0 amide bonds. The molecule has 1 unspecified atom stereocenters. The molecule has 0 spiro atoms. The third kappa shape index (κ3) is 8.40. The van der Waals surface area contributed by atoms with Crippen molar-refractivity contribution in [2.24, 2.45) is 0 Å². The molecule has 1 heterocycles. The summed E-state index contributed by atoms with van der Waals surface area (Å²) in [7, 11) is -6.46. The van der Waals surface area contributed by atoms with Gasteiger partial charge in [0.15, 0.2) is 25.0 Å². The number of aliphatic hydroxyl groups excluding tert-OH is 1. The lowest BCUT2D eigenvalue weighted by molar-refractivity contribution is -0.0920. The molecule has 8 heteroatoms. The molecule has 0 saturated heterocycles. The molecule has 0 aromatic heterocycles. The van der Waals surface area contributed by atoms with Crippen LogP contribution in [0.4, 0.5) is 0 Å². The van der Waals surface area contributed by atoms with E-state index >= 15 is 0 Å². The maximum absolute atomic E-state index is 11.4. The molecule has 0 radical (unpaired) electrons. The van der Waals surface area contributed by atoms with E-state index in [2.05, 4.69) is 102 Å². The summed E-state index contributed by atoms with van der Waals surface area (Å²) in [6.07, 6.45) is 0.00708. The van der Waals surface area contributed by atoms with Crippen molar-refractivity contribution in [2.75, 3.05) is 6.61 Å². The molecule has 224 valence electrons. The standard InChI is InChI=1S/C31H58O5Si3/c1-29(2,3)37(10,11)33-22-26-28(36-39(14,15)31(7,8)9)25(35-38(12,13)30(4,5)6)21-24(34-26)27(32)23-19-17-16-18-20-23/h16-21,25-28,32H,22H2,1-15H3/t25-,26-,27?,28+/m1/s1. The second-order valence-corrected chi connectivity index (χ2v) is 30.1. The first-order chi connectivity index (χ1) is 17.4. The lowest BCUT2D eigenvalue weighted by Crippen LogP contribution is -2.58. The van der Waals surface area contributed by atoms with Gasteiger partial charge in [-0.3, -0.25) is 0 Å². The number of hydrogen-bond donors (Lipinski definition) is 1. The Hall–Kier alpha value is -0.749. The van der Waals surface area contributed by atoms with Crippen molar-refractivity contribution in [3.8, 4) is 0 Å². The number of rotatable bonds is 9. The monoisotopic (exact) mass is 594 g/mol. The molecule has 1 aliphatic heterocycles. The van der Waals surface area contributed by atoms with E-state index in [0.29, 0.717) is 12.4 Å². The van der Waals surface area contributed by atoms with Gasteiger partial charge < -0.3 is 23.1 Å². The van der Waals surface area contributed by atoms with Gasteiger partial charge in [-0.2, -0.15) is 0 Å². The van der Waals surface area contributed by atoms with Crippen LogP contribution in [0, 0.1) is 0 Å². The highest BCUT2D eigenvalue weighted by Gasteiger charge is 2.50. The van der Waals surface area contributed by atoms with Crippen LogP contribution >= 0.6 is 0 Å². The van der Waals surface area contributed by atoms with Gasteiger partial charge in [-0.1, -0.05) is 92.6 Å². The second-order valence-electron chi connectivity index (χ2n) is 15.8. The average Bonchev–Trinajstić information content (AvgIpc) is 2.76. The van der Waals surface area contributed by atoms with E-state index in [4.69, 9.17) is 18.0 Å². The topological polar surface area (TPSA) is 57.2 Å². The Morgan fingerprint density at radius 2 is 1.21 bits per heavy atom. The largest absolute Gasteiger partial charge is 0.487 e. The third-order valence-corrected chi connectivity index (χ3v) is 23.0. The lowest BCUT2D eigenvalue weighted by Gasteiger charge is -2.49. The molecule has 1 N–H and O–H groups in total. The lowest BCUT2D eigenvalue weighted by atomic mass is 10.00. The van der Waals surface area contributed by atoms with Gasteiger partial charge in [0.2, 0.25) is 0 Å². The summed E-state index contributed by atoms with van der Waals surface area (Å²) >= 11 is 0. The van der Waals surface area contributed by atoms with Crippen LogP contribution in [-0.2, 0) is 18.0 Å². The van der Waals surface area contributed by atoms with Crippen molar-refractivity contribution >= 4 is 25.0 Å². The van der Waals surface area contributed by atoms with E-state index in [1.807, 2.05) is 36.4 Å². The Balaban J connectivity index is 2.62. The number of hydrogen-bond acceptors (Lipinski definition) is 5. The minimum absolute atomic E-state index is 0.0199. The Kier molecular flexibility index (Phi) is 10.5. The summed E-state index contributed by atoms with van der Waals surface area (Å²) in [5, 5.41) is 11.5. The third-order valence-electron chi connectivity index (χ3n) is 9.58. The fourth-order valence-electron chi connectivity index (χ4n) is 3.62. The van der Waals surface area contributed by atoms with Gasteiger partial charge in [0, 0.05) is 0 Å². The second kappa shape index (κ2) is 11.9. The van der Waals surface area contributed by atoms with E-state index in [-0.39, 0.29) is 27.3 Å². The van der Waals surface area contributed by atoms with E-state index in [1.54, 1.807) is 0 Å². The van der Waals surface area contributed by atoms with Crippen LogP contribution in [0.5, 0.6) is 0 Å². The van der Waals surface area contributed by atoms with Gasteiger partial charge in [0.1, 0.15) is 24.1 Å². The molecule has 39 heavy (non-hydrogen) atoms. The highest BCUT2D eigenvalue weighted by molar-refractivity contribution is 6.75. The first-order valence-electron chi connectivity index (χ1n) is 14.5. The first-order valence-corrected chi connectivity index (χ1v) is 23.2. The van der Waals surface area contributed by atoms with Crippen molar-refractivity contribution in [3.05, 3.63) is 47.7 Å². The van der Waals surface area contributed by atoms with E-state index in [9.17, 15) is 5.11 Å². The fourth-order valence-corrected chi connectivity index (χ4v) is 7.19. The molecule has 1 aromatic rings. The predicted octanol–water partition coefficient (Wildman–Crippen LogP) is 8.81. The van der Waals surface area contributed by atoms with Crippen LogP contribution in [0.1, 0.15) is 74.0 Å². The maximum atomic E-state index is 11.4. The van der Waals surface area contributed by atoms with Crippen LogP contribution in [0.25, 0.3) is 0 Å². The zero-order valence-electron chi connectivity index (χ0n) is 27.6. The summed E-state index contributed by atoms with van der Waals surface area (Å²) in [6, 6.07) is 9.68. The Labute approximate surface area is 243 Å². The summed E-state index contributed by atoms with van der Waals surface area (Å²) < 4.78 is 27.6. The minimum Gasteiger partial charge on any atom is -0.487 e. The zero-order chi connectivity index (χ0) is 30.2. The maximum Gasteiger partial charge on any atom is 0.193 e. The average molecular weight is 595 g/mol. The smallest absolute Gasteiger partial charge is 0.193 e. The fraction of sp³-hybridized carbons (Fsp3) is 0.742. The van der Waals surface area contributed by atoms with Crippen LogP contribution in [-0.4, -0.2) is 55.0 Å². The Morgan fingerprint density at radius 1 is 0.744 bits per heavy atom. The van der Waals surface area contributed by atoms with Crippen LogP contribution in [0.3, 0.4) is 0 Å². The van der Waals surface area contributed by atoms with E-state index in [0.717, 1.165) is 5.56 Å². The number of aliphatic hydroxyl groups is 1. The van der Waals surface area contributed by atoms with Crippen molar-refractivity contribution in [1.82, 2.24) is 0 Å². The SMILES string of the molecule is CC(C)(C)[Si](C)(C)OC[C@H]1OC(C(O)c2ccccc2)=C[C@@H](O[Si](C)(C)C(C)(C)C)[C@@H]1O[Si](C)(C)C(C)(C)C. The number of benzene rings is 1. The molecule has 0 fully saturated rings. The molecule has 2 rings (SSSR count). The highest BCUT2D eigenvalue weighted by Crippen LogP contribution is 2.44. The van der Waals surface area contributed by atoms with E-state index in [1.165, 1.54) is 0 Å². The molecular weight excluding hydrogens is 537 g/mol. The van der Waals surface area contributed by atoms with Gasteiger partial charge in [-0.15, -0.1) is 0 Å². The van der Waals surface area contributed by atoms with Gasteiger partial charge in [0.25, 0.3) is 0 Å². The summed E-state index contributed by atoms with van der Waals surface area (Å²) in [5.41, 5.74) is 0.794. The predicted molar refractivity (Wildman–Crippen MR) is 172 cm³/mol. The van der Waals surface area contributed by atoms with Gasteiger partial charge in [0.05, 0.1) is 12.7 Å². The first kappa shape index (κ1) is 34.5. The molecule has 5 nitrogen and oxygen atoms in total. The zero-order valence-corrected chi connectivity index (χ0v) is 30.6. The van der Waals surface area contributed by atoms with Crippen LogP contribution in [0.15, 0.2) is 42.2 Å². The van der Waals surface area contributed by atoms with Crippen molar-refractivity contribution in [3.63, 3.8) is 0 Å². The van der Waals surface area contributed by atoms with Gasteiger partial charge >= 0.3 is 0 Å². The van der Waals surface area contributed by atoms with Crippen LogP contribution < -0.4 is 0 Å². The van der Waals surface area contributed by atoms with E-state index < -0.39 is 37.2 Å². The summed E-state index contributed by atoms with van der Waals surface area (Å²) in [4.78, 5) is 0. The normalized spacial score (nSPS) is 22.8. The molecular formula is C31H58O5Si3. The summed E-state index contributed by atoms with van der Waals surface area (Å²) in [6.45, 7) is 34.3. The van der Waals surface area contributed by atoms with Crippen LogP contribution in [0.2, 0.25) is 54.4 Å².